The number of nitriles is 1. The third-order valence-corrected chi connectivity index (χ3v) is 7.47. The zero-order chi connectivity index (χ0) is 27.5. The summed E-state index contributed by atoms with van der Waals surface area (Å²) < 4.78 is 37.0. The lowest BCUT2D eigenvalue weighted by Crippen LogP contribution is -2.46. The number of rotatable bonds is 10. The van der Waals surface area contributed by atoms with E-state index in [9.17, 15) is 24.8 Å². The lowest BCUT2D eigenvalue weighted by atomic mass is 9.96. The molecule has 0 amide bonds. The van der Waals surface area contributed by atoms with Gasteiger partial charge in [-0.15, -0.1) is 0 Å². The van der Waals surface area contributed by atoms with E-state index in [-0.39, 0.29) is 23.9 Å². The number of aromatic nitrogens is 3. The summed E-state index contributed by atoms with van der Waals surface area (Å²) in [5, 5.41) is 38.3. The van der Waals surface area contributed by atoms with Crippen LogP contribution in [-0.2, 0) is 23.4 Å². The molecule has 0 aliphatic carbocycles. The Morgan fingerprint density at radius 1 is 1.34 bits per heavy atom. The molecule has 1 fully saturated rings. The number of nitrogen functional groups attached to an aromatic ring is 1. The van der Waals surface area contributed by atoms with E-state index in [2.05, 4.69) is 15.2 Å². The molecule has 3 heterocycles. The lowest BCUT2D eigenvalue weighted by molar-refractivity contribution is -0.144. The molecule has 2 aromatic heterocycles. The standard InChI is InChI=1S/C23H27N6O8P/c1-3-34-22(32)14(2)28-38(33,37-15-7-5-4-6-8-15)35-12-23(11-24)20(31)18(30)19(36-23)16-9-10-17-21(25)26-13-27-29(16)17/h4-10,13-14,18-20,30-31H,3,12H2,1-2H3,(H,28,33)(H2,25,26,27)/t14-,18-,19-,20-,23+,38-/m0/s1. The fraction of sp³-hybridized carbons (Fsp3) is 0.391. The Morgan fingerprint density at radius 2 is 2.08 bits per heavy atom. The minimum absolute atomic E-state index is 0.0946. The lowest BCUT2D eigenvalue weighted by Gasteiger charge is -2.28. The first-order valence-electron chi connectivity index (χ1n) is 11.6. The van der Waals surface area contributed by atoms with Gasteiger partial charge in [-0.3, -0.25) is 9.32 Å². The van der Waals surface area contributed by atoms with E-state index < -0.39 is 50.3 Å². The molecule has 0 spiro atoms. The number of carbonyl (C=O) groups excluding carboxylic acids is 1. The summed E-state index contributed by atoms with van der Waals surface area (Å²) in [7, 11) is -4.37. The van der Waals surface area contributed by atoms with Crippen LogP contribution in [0.25, 0.3) is 5.52 Å². The molecule has 0 radical (unpaired) electrons. The van der Waals surface area contributed by atoms with Crippen molar-refractivity contribution in [2.45, 2.75) is 43.8 Å². The van der Waals surface area contributed by atoms with Gasteiger partial charge in [0.25, 0.3) is 0 Å². The Hall–Kier alpha value is -3.57. The number of benzene rings is 1. The van der Waals surface area contributed by atoms with Crippen LogP contribution >= 0.6 is 7.75 Å². The molecule has 1 aliphatic rings. The number of carbonyl (C=O) groups is 1. The molecule has 6 atom stereocenters. The molecule has 1 saturated heterocycles. The Kier molecular flexibility index (Phi) is 7.98. The van der Waals surface area contributed by atoms with Crippen LogP contribution in [0.1, 0.15) is 25.6 Å². The van der Waals surface area contributed by atoms with Crippen LogP contribution in [-0.4, -0.2) is 67.8 Å². The number of fused-ring (bicyclic) bond motifs is 1. The number of nitrogens with two attached hydrogens (primary N) is 1. The fourth-order valence-electron chi connectivity index (χ4n) is 3.92. The molecule has 0 saturated carbocycles. The molecular weight excluding hydrogens is 519 g/mol. The van der Waals surface area contributed by atoms with Crippen molar-refractivity contribution >= 4 is 25.1 Å². The number of aliphatic hydroxyl groups excluding tert-OH is 2. The first kappa shape index (κ1) is 27.5. The van der Waals surface area contributed by atoms with Crippen molar-refractivity contribution in [3.05, 3.63) is 54.5 Å². The second-order valence-corrected chi connectivity index (χ2v) is 10.1. The van der Waals surface area contributed by atoms with Crippen LogP contribution in [0, 0.1) is 11.3 Å². The number of aliphatic hydroxyl groups is 2. The van der Waals surface area contributed by atoms with Crippen molar-refractivity contribution < 1.29 is 38.1 Å². The first-order chi connectivity index (χ1) is 18.1. The van der Waals surface area contributed by atoms with Crippen molar-refractivity contribution in [3.8, 4) is 11.8 Å². The topological polar surface area (TPSA) is 204 Å². The highest BCUT2D eigenvalue weighted by atomic mass is 31.2. The van der Waals surface area contributed by atoms with Crippen LogP contribution in [0.3, 0.4) is 0 Å². The fourth-order valence-corrected chi connectivity index (χ4v) is 5.44. The van der Waals surface area contributed by atoms with Gasteiger partial charge < -0.3 is 29.9 Å². The summed E-state index contributed by atoms with van der Waals surface area (Å²) in [6.45, 7) is 2.31. The predicted octanol–water partition coefficient (Wildman–Crippen LogP) is 1.11. The number of anilines is 1. The largest absolute Gasteiger partial charge is 0.465 e. The molecule has 1 aliphatic heterocycles. The van der Waals surface area contributed by atoms with E-state index in [4.69, 9.17) is 24.3 Å². The van der Waals surface area contributed by atoms with Crippen molar-refractivity contribution in [2.75, 3.05) is 18.9 Å². The van der Waals surface area contributed by atoms with Gasteiger partial charge in [0.2, 0.25) is 5.60 Å². The highest BCUT2D eigenvalue weighted by Gasteiger charge is 2.57. The predicted molar refractivity (Wildman–Crippen MR) is 131 cm³/mol. The number of nitrogens with one attached hydrogen (secondary N) is 1. The van der Waals surface area contributed by atoms with E-state index in [1.165, 1.54) is 29.9 Å². The highest BCUT2D eigenvalue weighted by molar-refractivity contribution is 7.52. The molecule has 4 rings (SSSR count). The maximum absolute atomic E-state index is 13.7. The number of para-hydroxylation sites is 1. The van der Waals surface area contributed by atoms with Gasteiger partial charge >= 0.3 is 13.7 Å². The Morgan fingerprint density at radius 3 is 2.76 bits per heavy atom. The van der Waals surface area contributed by atoms with Crippen molar-refractivity contribution in [2.24, 2.45) is 0 Å². The van der Waals surface area contributed by atoms with Crippen molar-refractivity contribution in [1.82, 2.24) is 19.7 Å². The number of hydrogen-bond acceptors (Lipinski definition) is 12. The smallest absolute Gasteiger partial charge is 0.459 e. The average molecular weight is 546 g/mol. The van der Waals surface area contributed by atoms with Gasteiger partial charge in [0.1, 0.15) is 54.6 Å². The molecule has 5 N–H and O–H groups in total. The molecule has 0 unspecified atom stereocenters. The summed E-state index contributed by atoms with van der Waals surface area (Å²) in [4.78, 5) is 16.1. The summed E-state index contributed by atoms with van der Waals surface area (Å²) in [5.41, 5.74) is 4.41. The van der Waals surface area contributed by atoms with Gasteiger partial charge in [-0.25, -0.2) is 14.1 Å². The Bertz CT molecular complexity index is 1380. The maximum Gasteiger partial charge on any atom is 0.459 e. The van der Waals surface area contributed by atoms with Gasteiger partial charge in [0, 0.05) is 0 Å². The third kappa shape index (κ3) is 5.34. The number of ether oxygens (including phenoxy) is 2. The number of nitrogens with zero attached hydrogens (tertiary/aromatic N) is 4. The van der Waals surface area contributed by atoms with E-state index >= 15 is 0 Å². The Labute approximate surface area is 217 Å². The molecule has 3 aromatic rings. The second-order valence-electron chi connectivity index (χ2n) is 8.45. The molecule has 14 nitrogen and oxygen atoms in total. The minimum Gasteiger partial charge on any atom is -0.465 e. The molecule has 15 heteroatoms. The molecule has 202 valence electrons. The quantitative estimate of drug-likeness (QED) is 0.208. The highest BCUT2D eigenvalue weighted by Crippen LogP contribution is 2.48. The summed E-state index contributed by atoms with van der Waals surface area (Å²) in [5.74, 6) is -0.389. The van der Waals surface area contributed by atoms with Crippen molar-refractivity contribution in [3.63, 3.8) is 0 Å². The second kappa shape index (κ2) is 11.0. The zero-order valence-corrected chi connectivity index (χ0v) is 21.4. The number of esters is 1. The normalized spacial score (nSPS) is 25.4. The minimum atomic E-state index is -4.37. The van der Waals surface area contributed by atoms with Crippen molar-refractivity contribution in [1.29, 1.82) is 5.26 Å². The van der Waals surface area contributed by atoms with E-state index in [1.54, 1.807) is 37.3 Å². The molecular formula is C23H27N6O8P. The third-order valence-electron chi connectivity index (χ3n) is 5.85. The molecule has 38 heavy (non-hydrogen) atoms. The average Bonchev–Trinajstić information content (AvgIpc) is 3.44. The van der Waals surface area contributed by atoms with Crippen LogP contribution < -0.4 is 15.3 Å². The van der Waals surface area contributed by atoms with Gasteiger partial charge in [0.05, 0.1) is 12.3 Å². The molecule has 1 aromatic carbocycles. The van der Waals surface area contributed by atoms with Crippen LogP contribution in [0.15, 0.2) is 48.8 Å². The van der Waals surface area contributed by atoms with Gasteiger partial charge in [0.15, 0.2) is 5.82 Å². The summed E-state index contributed by atoms with van der Waals surface area (Å²) in [6.07, 6.45) is -3.40. The van der Waals surface area contributed by atoms with Gasteiger partial charge in [-0.1, -0.05) is 18.2 Å². The van der Waals surface area contributed by atoms with Crippen LogP contribution in [0.5, 0.6) is 5.75 Å². The SMILES string of the molecule is CCOC(=O)[C@H](C)N[P@](=O)(OC[C@@]1(C#N)O[C@@H](c2ccc3c(N)ncnn23)[C@H](O)[C@@H]1O)Oc1ccccc1. The van der Waals surface area contributed by atoms with E-state index in [0.717, 1.165) is 0 Å². The first-order valence-corrected chi connectivity index (χ1v) is 13.1. The summed E-state index contributed by atoms with van der Waals surface area (Å²) >= 11 is 0. The monoisotopic (exact) mass is 546 g/mol. The van der Waals surface area contributed by atoms with E-state index in [1.807, 2.05) is 6.07 Å². The van der Waals surface area contributed by atoms with Gasteiger partial charge in [-0.05, 0) is 38.1 Å². The van der Waals surface area contributed by atoms with Gasteiger partial charge in [-0.2, -0.15) is 15.4 Å². The molecule has 0 bridgehead atoms. The van der Waals surface area contributed by atoms with E-state index in [0.29, 0.717) is 5.52 Å². The maximum atomic E-state index is 13.7. The Balaban J connectivity index is 1.60. The van der Waals surface area contributed by atoms with Crippen LogP contribution in [0.4, 0.5) is 5.82 Å². The number of hydrogen-bond donors (Lipinski definition) is 4. The zero-order valence-electron chi connectivity index (χ0n) is 20.5. The van der Waals surface area contributed by atoms with Crippen LogP contribution in [0.2, 0.25) is 0 Å². The summed E-state index contributed by atoms with van der Waals surface area (Å²) in [6, 6.07) is 11.9.